The molecule has 9 aromatic carbocycles. The Morgan fingerprint density at radius 2 is 1.00 bits per heavy atom. The van der Waals surface area contributed by atoms with Crippen molar-refractivity contribution in [1.82, 2.24) is 0 Å². The summed E-state index contributed by atoms with van der Waals surface area (Å²) in [6, 6.07) is 69.6. The van der Waals surface area contributed by atoms with Crippen molar-refractivity contribution in [3.05, 3.63) is 212 Å². The van der Waals surface area contributed by atoms with Crippen molar-refractivity contribution < 1.29 is 8.83 Å². The molecule has 59 heavy (non-hydrogen) atoms. The average molecular weight is 756 g/mol. The van der Waals surface area contributed by atoms with E-state index in [2.05, 4.69) is 205 Å². The summed E-state index contributed by atoms with van der Waals surface area (Å²) in [5, 5.41) is 8.09. The monoisotopic (exact) mass is 755 g/mol. The molecule has 2 heterocycles. The number of anilines is 2. The van der Waals surface area contributed by atoms with Gasteiger partial charge in [-0.3, -0.25) is 0 Å². The molecule has 1 aliphatic carbocycles. The van der Waals surface area contributed by atoms with Crippen molar-refractivity contribution in [2.45, 2.75) is 12.5 Å². The van der Waals surface area contributed by atoms with Crippen LogP contribution in [0, 0.1) is 0 Å². The van der Waals surface area contributed by atoms with Gasteiger partial charge in [0, 0.05) is 44.0 Å². The maximum absolute atomic E-state index is 6.92. The first-order chi connectivity index (χ1) is 29.3. The van der Waals surface area contributed by atoms with Gasteiger partial charge in [-0.25, -0.2) is 0 Å². The van der Waals surface area contributed by atoms with E-state index in [1.165, 1.54) is 33.0 Å². The molecule has 0 spiro atoms. The van der Waals surface area contributed by atoms with Crippen molar-refractivity contribution in [2.75, 3.05) is 4.90 Å². The molecule has 0 N–H and O–H groups in total. The first-order valence-electron chi connectivity index (χ1n) is 20.3. The SMILES string of the molecule is C1=Cc2c(oc3ccccc23)C(N(c2ccc(-c3ccccc3)cc2)c2ccc(-c3cc4c5cccc(-c6cccc7ccccc67)c5oc4c4ccccc34)cc2)C1. The second kappa shape index (κ2) is 13.5. The molecule has 278 valence electrons. The summed E-state index contributed by atoms with van der Waals surface area (Å²) < 4.78 is 13.6. The fourth-order valence-corrected chi connectivity index (χ4v) is 9.43. The lowest BCUT2D eigenvalue weighted by Crippen LogP contribution is -2.24. The molecule has 2 aromatic heterocycles. The molecule has 0 bridgehead atoms. The Bertz CT molecular complexity index is 3400. The lowest BCUT2D eigenvalue weighted by atomic mass is 9.93. The van der Waals surface area contributed by atoms with Crippen LogP contribution < -0.4 is 4.90 Å². The standard InChI is InChI=1S/C56H37NO2/c1-2-13-36(14-3-1)37-27-31-40(32-28-37)57(52-25-12-24-48-45-19-8-9-26-53(45)58-56(48)52)41-33-29-39(30-34-41)50-35-51-49-23-11-22-47(43-21-10-16-38-15-4-5-17-42(38)43)54(49)59-55(51)46-20-7-6-18-44(46)50/h1-24,26-35,52H,25H2. The van der Waals surface area contributed by atoms with E-state index in [0.717, 1.165) is 83.9 Å². The molecule has 1 atom stereocenters. The smallest absolute Gasteiger partial charge is 0.143 e. The zero-order valence-corrected chi connectivity index (χ0v) is 32.2. The van der Waals surface area contributed by atoms with Crippen LogP contribution in [0.15, 0.2) is 209 Å². The highest BCUT2D eigenvalue weighted by molar-refractivity contribution is 6.21. The Morgan fingerprint density at radius 3 is 1.81 bits per heavy atom. The number of rotatable bonds is 6. The predicted molar refractivity (Wildman–Crippen MR) is 246 cm³/mol. The Balaban J connectivity index is 0.996. The topological polar surface area (TPSA) is 29.5 Å². The van der Waals surface area contributed by atoms with Crippen LogP contribution in [0.5, 0.6) is 0 Å². The molecule has 3 nitrogen and oxygen atoms in total. The van der Waals surface area contributed by atoms with Crippen molar-refractivity contribution in [3.8, 4) is 33.4 Å². The molecular weight excluding hydrogens is 719 g/mol. The van der Waals surface area contributed by atoms with Crippen molar-refractivity contribution in [3.63, 3.8) is 0 Å². The van der Waals surface area contributed by atoms with E-state index in [4.69, 9.17) is 8.83 Å². The molecule has 0 fully saturated rings. The summed E-state index contributed by atoms with van der Waals surface area (Å²) in [6.07, 6.45) is 5.34. The highest BCUT2D eigenvalue weighted by Crippen LogP contribution is 2.47. The largest absolute Gasteiger partial charge is 0.458 e. The van der Waals surface area contributed by atoms with Gasteiger partial charge in [0.15, 0.2) is 0 Å². The van der Waals surface area contributed by atoms with Crippen LogP contribution in [-0.2, 0) is 0 Å². The average Bonchev–Trinajstić information content (AvgIpc) is 3.89. The quantitative estimate of drug-likeness (QED) is 0.169. The highest BCUT2D eigenvalue weighted by Gasteiger charge is 2.30. The molecule has 0 saturated heterocycles. The predicted octanol–water partition coefficient (Wildman–Crippen LogP) is 15.9. The van der Waals surface area contributed by atoms with Gasteiger partial charge in [0.1, 0.15) is 22.5 Å². The van der Waals surface area contributed by atoms with Crippen molar-refractivity contribution >= 4 is 71.9 Å². The molecular formula is C56H37NO2. The van der Waals surface area contributed by atoms with Gasteiger partial charge in [-0.05, 0) is 86.8 Å². The molecule has 3 heteroatoms. The number of para-hydroxylation sites is 2. The molecule has 12 rings (SSSR count). The minimum absolute atomic E-state index is 0.0266. The van der Waals surface area contributed by atoms with Crippen LogP contribution in [0.2, 0.25) is 0 Å². The van der Waals surface area contributed by atoms with Crippen LogP contribution in [0.3, 0.4) is 0 Å². The zero-order chi connectivity index (χ0) is 38.9. The van der Waals surface area contributed by atoms with Gasteiger partial charge >= 0.3 is 0 Å². The molecule has 0 amide bonds. The van der Waals surface area contributed by atoms with Crippen LogP contribution in [-0.4, -0.2) is 0 Å². The second-order valence-corrected chi connectivity index (χ2v) is 15.5. The Labute approximate surface area is 341 Å². The van der Waals surface area contributed by atoms with E-state index in [-0.39, 0.29) is 6.04 Å². The number of hydrogen-bond donors (Lipinski definition) is 0. The third-order valence-electron chi connectivity index (χ3n) is 12.2. The molecule has 0 radical (unpaired) electrons. The number of benzene rings is 9. The van der Waals surface area contributed by atoms with Gasteiger partial charge < -0.3 is 13.7 Å². The Hall–Kier alpha value is -7.62. The zero-order valence-electron chi connectivity index (χ0n) is 32.2. The minimum atomic E-state index is -0.0266. The fraction of sp³-hybridized carbons (Fsp3) is 0.0357. The maximum atomic E-state index is 6.92. The van der Waals surface area contributed by atoms with Gasteiger partial charge in [0.05, 0.1) is 6.04 Å². The van der Waals surface area contributed by atoms with Crippen molar-refractivity contribution in [1.29, 1.82) is 0 Å². The van der Waals surface area contributed by atoms with Crippen LogP contribution in [0.1, 0.15) is 23.8 Å². The lowest BCUT2D eigenvalue weighted by Gasteiger charge is -2.34. The normalized spacial score (nSPS) is 13.8. The number of fused-ring (bicyclic) bond motifs is 9. The fourth-order valence-electron chi connectivity index (χ4n) is 9.43. The third kappa shape index (κ3) is 5.43. The van der Waals surface area contributed by atoms with Crippen molar-refractivity contribution in [2.24, 2.45) is 0 Å². The van der Waals surface area contributed by atoms with Gasteiger partial charge in [0.2, 0.25) is 0 Å². The van der Waals surface area contributed by atoms with E-state index in [9.17, 15) is 0 Å². The van der Waals surface area contributed by atoms with Crippen LogP contribution >= 0.6 is 0 Å². The maximum Gasteiger partial charge on any atom is 0.143 e. The van der Waals surface area contributed by atoms with Gasteiger partial charge in [-0.15, -0.1) is 0 Å². The Kier molecular flexibility index (Phi) is 7.67. The van der Waals surface area contributed by atoms with E-state index in [1.807, 2.05) is 6.07 Å². The molecule has 1 aliphatic rings. The second-order valence-electron chi connectivity index (χ2n) is 15.5. The highest BCUT2D eigenvalue weighted by atomic mass is 16.3. The molecule has 0 aliphatic heterocycles. The summed E-state index contributed by atoms with van der Waals surface area (Å²) in [6.45, 7) is 0. The number of hydrogen-bond acceptors (Lipinski definition) is 3. The molecule has 1 unspecified atom stereocenters. The summed E-state index contributed by atoms with van der Waals surface area (Å²) in [5.41, 5.74) is 13.1. The number of furan rings is 2. The van der Waals surface area contributed by atoms with Crippen LogP contribution in [0.25, 0.3) is 93.9 Å². The summed E-state index contributed by atoms with van der Waals surface area (Å²) in [5.74, 6) is 0.996. The summed E-state index contributed by atoms with van der Waals surface area (Å²) in [7, 11) is 0. The van der Waals surface area contributed by atoms with E-state index < -0.39 is 0 Å². The van der Waals surface area contributed by atoms with Gasteiger partial charge in [-0.1, -0.05) is 170 Å². The molecule has 0 saturated carbocycles. The third-order valence-corrected chi connectivity index (χ3v) is 12.2. The van der Waals surface area contributed by atoms with Gasteiger partial charge in [0.25, 0.3) is 0 Å². The first kappa shape index (κ1) is 33.5. The minimum Gasteiger partial charge on any atom is -0.458 e. The van der Waals surface area contributed by atoms with E-state index in [1.54, 1.807) is 0 Å². The van der Waals surface area contributed by atoms with E-state index >= 15 is 0 Å². The van der Waals surface area contributed by atoms with Crippen LogP contribution in [0.4, 0.5) is 11.4 Å². The Morgan fingerprint density at radius 1 is 0.407 bits per heavy atom. The first-order valence-corrected chi connectivity index (χ1v) is 20.3. The lowest BCUT2D eigenvalue weighted by molar-refractivity contribution is 0.488. The van der Waals surface area contributed by atoms with Gasteiger partial charge in [-0.2, -0.15) is 0 Å². The number of nitrogens with zero attached hydrogens (tertiary/aromatic N) is 1. The molecule has 11 aromatic rings. The summed E-state index contributed by atoms with van der Waals surface area (Å²) in [4.78, 5) is 2.45. The summed E-state index contributed by atoms with van der Waals surface area (Å²) >= 11 is 0. The van der Waals surface area contributed by atoms with E-state index in [0.29, 0.717) is 0 Å².